The van der Waals surface area contributed by atoms with Gasteiger partial charge >= 0.3 is 5.97 Å². The SMILES string of the molecule is COC(=O)[C@H](CSCc1ccc(F)c(C#N)c1)NC(C)=O. The molecule has 0 saturated heterocycles. The van der Waals surface area contributed by atoms with Crippen LogP contribution in [-0.2, 0) is 20.1 Å². The predicted molar refractivity (Wildman–Crippen MR) is 76.9 cm³/mol. The summed E-state index contributed by atoms with van der Waals surface area (Å²) in [6.45, 7) is 1.32. The third kappa shape index (κ3) is 5.44. The van der Waals surface area contributed by atoms with Crippen LogP contribution < -0.4 is 5.32 Å². The number of carbonyl (C=O) groups is 2. The molecule has 0 aromatic heterocycles. The van der Waals surface area contributed by atoms with Crippen molar-refractivity contribution in [1.82, 2.24) is 5.32 Å². The van der Waals surface area contributed by atoms with Crippen LogP contribution in [0.5, 0.6) is 0 Å². The Kier molecular flexibility index (Phi) is 6.69. The maximum atomic E-state index is 13.2. The van der Waals surface area contributed by atoms with Crippen LogP contribution in [0.2, 0.25) is 0 Å². The first-order valence-electron chi connectivity index (χ1n) is 6.09. The molecule has 0 spiro atoms. The predicted octanol–water partition coefficient (Wildman–Crippen LogP) is 1.61. The minimum atomic E-state index is -0.728. The number of nitrogens with zero attached hydrogens (tertiary/aromatic N) is 1. The molecule has 5 nitrogen and oxygen atoms in total. The fourth-order valence-corrected chi connectivity index (χ4v) is 2.59. The highest BCUT2D eigenvalue weighted by atomic mass is 32.2. The Labute approximate surface area is 126 Å². The number of rotatable bonds is 6. The first-order valence-corrected chi connectivity index (χ1v) is 7.24. The van der Waals surface area contributed by atoms with Gasteiger partial charge in [-0.1, -0.05) is 6.07 Å². The van der Waals surface area contributed by atoms with Crippen LogP contribution in [0.4, 0.5) is 4.39 Å². The second-order valence-electron chi connectivity index (χ2n) is 4.22. The van der Waals surface area contributed by atoms with Crippen LogP contribution in [0, 0.1) is 17.1 Å². The monoisotopic (exact) mass is 310 g/mol. The van der Waals surface area contributed by atoms with Crippen LogP contribution in [0.3, 0.4) is 0 Å². The van der Waals surface area contributed by atoms with Gasteiger partial charge < -0.3 is 10.1 Å². The van der Waals surface area contributed by atoms with Gasteiger partial charge in [0.2, 0.25) is 5.91 Å². The van der Waals surface area contributed by atoms with Crippen LogP contribution in [0.1, 0.15) is 18.1 Å². The van der Waals surface area contributed by atoms with Crippen molar-refractivity contribution in [2.24, 2.45) is 0 Å². The van der Waals surface area contributed by atoms with E-state index in [2.05, 4.69) is 10.1 Å². The average molecular weight is 310 g/mol. The van der Waals surface area contributed by atoms with Crippen molar-refractivity contribution < 1.29 is 18.7 Å². The van der Waals surface area contributed by atoms with Crippen molar-refractivity contribution >= 4 is 23.6 Å². The number of ether oxygens (including phenoxy) is 1. The summed E-state index contributed by atoms with van der Waals surface area (Å²) in [4.78, 5) is 22.5. The van der Waals surface area contributed by atoms with E-state index >= 15 is 0 Å². The third-order valence-corrected chi connectivity index (χ3v) is 3.67. The Morgan fingerprint density at radius 3 is 2.81 bits per heavy atom. The van der Waals surface area contributed by atoms with E-state index in [9.17, 15) is 14.0 Å². The molecule has 0 radical (unpaired) electrons. The summed E-state index contributed by atoms with van der Waals surface area (Å²) in [5.74, 6) is -0.584. The lowest BCUT2D eigenvalue weighted by molar-refractivity contribution is -0.144. The number of nitriles is 1. The summed E-state index contributed by atoms with van der Waals surface area (Å²) in [5.41, 5.74) is 0.754. The minimum absolute atomic E-state index is 0.0144. The molecule has 1 aromatic rings. The molecule has 0 bridgehead atoms. The number of amides is 1. The average Bonchev–Trinajstić information content (AvgIpc) is 2.46. The normalized spacial score (nSPS) is 11.3. The van der Waals surface area contributed by atoms with Gasteiger partial charge in [0, 0.05) is 18.4 Å². The second-order valence-corrected chi connectivity index (χ2v) is 5.25. The third-order valence-electron chi connectivity index (χ3n) is 2.57. The van der Waals surface area contributed by atoms with Crippen molar-refractivity contribution in [3.8, 4) is 6.07 Å². The summed E-state index contributed by atoms with van der Waals surface area (Å²) in [5, 5.41) is 11.3. The number of methoxy groups -OCH3 is 1. The molecule has 0 aliphatic heterocycles. The first kappa shape index (κ1) is 17.0. The molecule has 7 heteroatoms. The Balaban J connectivity index is 2.60. The van der Waals surface area contributed by atoms with Crippen LogP contribution in [0.25, 0.3) is 0 Å². The molecule has 21 heavy (non-hydrogen) atoms. The van der Waals surface area contributed by atoms with Crippen molar-refractivity contribution in [3.05, 3.63) is 35.1 Å². The molecule has 0 aliphatic carbocycles. The van der Waals surface area contributed by atoms with E-state index in [0.717, 1.165) is 5.56 Å². The smallest absolute Gasteiger partial charge is 0.329 e. The van der Waals surface area contributed by atoms with Crippen molar-refractivity contribution in [3.63, 3.8) is 0 Å². The number of hydrogen-bond acceptors (Lipinski definition) is 5. The molecular formula is C14H15FN2O3S. The lowest BCUT2D eigenvalue weighted by Crippen LogP contribution is -2.42. The Morgan fingerprint density at radius 2 is 2.24 bits per heavy atom. The molecule has 1 N–H and O–H groups in total. The number of nitrogens with one attached hydrogen (secondary N) is 1. The molecule has 0 unspecified atom stereocenters. The van der Waals surface area contributed by atoms with E-state index in [4.69, 9.17) is 5.26 Å². The summed E-state index contributed by atoms with van der Waals surface area (Å²) < 4.78 is 17.8. The van der Waals surface area contributed by atoms with Gasteiger partial charge in [0.15, 0.2) is 0 Å². The number of benzene rings is 1. The van der Waals surface area contributed by atoms with Gasteiger partial charge in [-0.05, 0) is 17.7 Å². The lowest BCUT2D eigenvalue weighted by Gasteiger charge is -2.15. The molecule has 0 heterocycles. The quantitative estimate of drug-likeness (QED) is 0.808. The zero-order chi connectivity index (χ0) is 15.8. The van der Waals surface area contributed by atoms with Gasteiger partial charge in [0.1, 0.15) is 17.9 Å². The van der Waals surface area contributed by atoms with E-state index in [0.29, 0.717) is 11.5 Å². The largest absolute Gasteiger partial charge is 0.467 e. The highest BCUT2D eigenvalue weighted by molar-refractivity contribution is 7.98. The molecule has 0 saturated carbocycles. The zero-order valence-corrected chi connectivity index (χ0v) is 12.5. The second kappa shape index (κ2) is 8.27. The van der Waals surface area contributed by atoms with Crippen LogP contribution >= 0.6 is 11.8 Å². The Hall–Kier alpha value is -2.07. The summed E-state index contributed by atoms with van der Waals surface area (Å²) >= 11 is 1.38. The zero-order valence-electron chi connectivity index (χ0n) is 11.7. The Bertz CT molecular complexity index is 572. The molecule has 1 atom stereocenters. The summed E-state index contributed by atoms with van der Waals surface area (Å²) in [6, 6.07) is 5.32. The van der Waals surface area contributed by atoms with E-state index in [-0.39, 0.29) is 11.5 Å². The van der Waals surface area contributed by atoms with Crippen molar-refractivity contribution in [2.75, 3.05) is 12.9 Å². The van der Waals surface area contributed by atoms with Gasteiger partial charge in [-0.2, -0.15) is 17.0 Å². The van der Waals surface area contributed by atoms with Crippen molar-refractivity contribution in [2.45, 2.75) is 18.7 Å². The number of thioether (sulfide) groups is 1. The lowest BCUT2D eigenvalue weighted by atomic mass is 10.1. The summed E-state index contributed by atoms with van der Waals surface area (Å²) in [6.07, 6.45) is 0. The number of halogens is 1. The minimum Gasteiger partial charge on any atom is -0.467 e. The molecule has 0 aliphatic rings. The highest BCUT2D eigenvalue weighted by Crippen LogP contribution is 2.16. The Morgan fingerprint density at radius 1 is 1.52 bits per heavy atom. The van der Waals surface area contributed by atoms with Crippen molar-refractivity contribution in [1.29, 1.82) is 5.26 Å². The van der Waals surface area contributed by atoms with Crippen LogP contribution in [0.15, 0.2) is 18.2 Å². The molecule has 0 fully saturated rings. The fourth-order valence-electron chi connectivity index (χ4n) is 1.60. The van der Waals surface area contributed by atoms with Crippen LogP contribution in [-0.4, -0.2) is 30.8 Å². The topological polar surface area (TPSA) is 79.2 Å². The number of hydrogen-bond donors (Lipinski definition) is 1. The number of esters is 1. The van der Waals surface area contributed by atoms with Gasteiger partial charge in [0.25, 0.3) is 0 Å². The summed E-state index contributed by atoms with van der Waals surface area (Å²) in [7, 11) is 1.25. The van der Waals surface area contributed by atoms with Gasteiger partial charge in [0.05, 0.1) is 12.7 Å². The molecule has 1 rings (SSSR count). The fraction of sp³-hybridized carbons (Fsp3) is 0.357. The van der Waals surface area contributed by atoms with E-state index in [1.807, 2.05) is 0 Å². The van der Waals surface area contributed by atoms with E-state index in [1.54, 1.807) is 12.1 Å². The maximum absolute atomic E-state index is 13.2. The van der Waals surface area contributed by atoms with E-state index in [1.165, 1.54) is 37.9 Å². The maximum Gasteiger partial charge on any atom is 0.329 e. The molecule has 112 valence electrons. The highest BCUT2D eigenvalue weighted by Gasteiger charge is 2.19. The molecular weight excluding hydrogens is 295 g/mol. The first-order chi connectivity index (χ1) is 9.97. The molecule has 1 aromatic carbocycles. The standard InChI is InChI=1S/C14H15FN2O3S/c1-9(18)17-13(14(19)20-2)8-21-7-10-3-4-12(15)11(5-10)6-16/h3-5,13H,7-8H2,1-2H3,(H,17,18)/t13-/m0/s1. The molecule has 1 amide bonds. The number of carbonyl (C=O) groups excluding carboxylic acids is 2. The van der Waals surface area contributed by atoms with Gasteiger partial charge in [-0.3, -0.25) is 4.79 Å². The van der Waals surface area contributed by atoms with Gasteiger partial charge in [-0.25, -0.2) is 9.18 Å². The van der Waals surface area contributed by atoms with E-state index < -0.39 is 17.8 Å². The van der Waals surface area contributed by atoms with Gasteiger partial charge in [-0.15, -0.1) is 0 Å².